The molecule has 118 heavy (non-hydrogen) atoms. The maximum Gasteiger partial charge on any atom is 0.410 e. The first-order chi connectivity index (χ1) is 57.6. The molecule has 1 aliphatic carbocycles. The van der Waals surface area contributed by atoms with Crippen LogP contribution in [0.25, 0.3) is 111 Å². The number of nitrogens with zero attached hydrogens (tertiary/aromatic N) is 14. The molecule has 12 aromatic heterocycles. The Morgan fingerprint density at radius 2 is 0.780 bits per heavy atom. The van der Waals surface area contributed by atoms with Gasteiger partial charge in [0.1, 0.15) is 98.0 Å². The number of fused-ring (bicyclic) bond motifs is 8. The first kappa shape index (κ1) is 75.9. The van der Waals surface area contributed by atoms with Crippen LogP contribution in [0.3, 0.4) is 0 Å². The lowest BCUT2D eigenvalue weighted by atomic mass is 9.81. The number of carbonyl (C=O) groups is 2. The van der Waals surface area contributed by atoms with E-state index in [1.165, 1.54) is 11.6 Å². The van der Waals surface area contributed by atoms with Crippen molar-refractivity contribution >= 4 is 111 Å². The molecule has 4 fully saturated rings. The number of carbonyl (C=O) groups excluding carboxylic acids is 2. The van der Waals surface area contributed by atoms with E-state index < -0.39 is 10.0 Å². The number of amides is 2. The fourth-order valence-electron chi connectivity index (χ4n) is 17.4. The van der Waals surface area contributed by atoms with Gasteiger partial charge in [-0.15, -0.1) is 0 Å². The summed E-state index contributed by atoms with van der Waals surface area (Å²) in [5.74, 6) is 7.47. The third-order valence-electron chi connectivity index (χ3n) is 23.5. The fraction of sp³-hybridized carbons (Fsp3) is 0.273. The smallest absolute Gasteiger partial charge is 0.410 e. The molecule has 29 nitrogen and oxygen atoms in total. The van der Waals surface area contributed by atoms with Gasteiger partial charge in [-0.1, -0.05) is 103 Å². The Morgan fingerprint density at radius 1 is 0.449 bits per heavy atom. The monoisotopic (exact) mass is 1600 g/mol. The Bertz CT molecular complexity index is 6490. The number of piperidine rings is 3. The van der Waals surface area contributed by atoms with Crippen molar-refractivity contribution < 1.29 is 22.7 Å². The van der Waals surface area contributed by atoms with E-state index in [1.807, 2.05) is 121 Å². The van der Waals surface area contributed by atoms with Crippen LogP contribution in [0.5, 0.6) is 0 Å². The van der Waals surface area contributed by atoms with Gasteiger partial charge < -0.3 is 62.7 Å². The van der Waals surface area contributed by atoms with Crippen molar-refractivity contribution in [1.82, 2.24) is 97.2 Å². The molecule has 0 atom stereocenters. The molecule has 17 aromatic rings. The summed E-state index contributed by atoms with van der Waals surface area (Å²) in [6, 6.07) is 50.9. The van der Waals surface area contributed by atoms with Crippen molar-refractivity contribution in [2.45, 2.75) is 94.5 Å². The molecule has 1 saturated carbocycles. The highest BCUT2D eigenvalue weighted by atomic mass is 32.2. The number of sulfonamides is 1. The Morgan fingerprint density at radius 3 is 1.13 bits per heavy atom. The van der Waals surface area contributed by atoms with Crippen LogP contribution in [-0.2, 0) is 26.2 Å². The molecular formula is C88H92N24O5S. The summed E-state index contributed by atoms with van der Waals surface area (Å²) < 4.78 is 39.3. The predicted octanol–water partition coefficient (Wildman–Crippen LogP) is 14.0. The molecule has 3 saturated heterocycles. The summed E-state index contributed by atoms with van der Waals surface area (Å²) in [5, 5.41) is 7.97. The Balaban J connectivity index is 0.000000109. The lowest BCUT2D eigenvalue weighted by molar-refractivity contribution is -0.119. The number of hydrogen-bond donors (Lipinski definition) is 10. The number of nitrogens with one attached hydrogen (secondary N) is 6. The SMILES string of the molecule is CS(=O)(=O)NCC1CCC(c2nc(-c3cc4ccccc4[nH]3)c3c(N)nccn23)CC1.Nc1nccn2c(C3CCN(C(=O)OCc4ccccc4)CC3)nc(-c3cc4ccccc4[nH]3)c12.Nc1nccn2c(C3CCN(C=O)CC3)nc(-c3cc4ccccc4[nH]3)c12.Nc1nccn2c(C3CCNCC3)nc(-c3cc4ccccc4[nH]3)c12. The van der Waals surface area contributed by atoms with Gasteiger partial charge in [0, 0.05) is 150 Å². The van der Waals surface area contributed by atoms with Crippen molar-refractivity contribution in [2.24, 2.45) is 5.92 Å². The third kappa shape index (κ3) is 15.5. The third-order valence-corrected chi connectivity index (χ3v) is 24.2. The normalized spacial score (nSPS) is 16.5. The van der Waals surface area contributed by atoms with E-state index in [2.05, 4.69) is 128 Å². The second-order valence-electron chi connectivity index (χ2n) is 31.1. The number of benzene rings is 5. The second kappa shape index (κ2) is 32.7. The first-order valence-electron chi connectivity index (χ1n) is 40.2. The average molecular weight is 1600 g/mol. The van der Waals surface area contributed by atoms with Crippen molar-refractivity contribution in [3.63, 3.8) is 0 Å². The van der Waals surface area contributed by atoms with Gasteiger partial charge in [0.25, 0.3) is 0 Å². The number of aromatic nitrogens is 16. The topological polar surface area (TPSA) is 396 Å². The number of anilines is 4. The highest BCUT2D eigenvalue weighted by Crippen LogP contribution is 2.42. The maximum absolute atomic E-state index is 12.6. The molecule has 0 spiro atoms. The zero-order valence-corrected chi connectivity index (χ0v) is 66.1. The number of aromatic amines is 4. The molecule has 3 aliphatic heterocycles. The number of nitrogen functional groups attached to an aromatic ring is 4. The lowest BCUT2D eigenvalue weighted by Crippen LogP contribution is -2.38. The molecule has 21 rings (SSSR count). The van der Waals surface area contributed by atoms with E-state index in [4.69, 9.17) is 47.6 Å². The molecule has 0 bridgehead atoms. The van der Waals surface area contributed by atoms with E-state index in [0.717, 1.165) is 232 Å². The number of para-hydroxylation sites is 4. The highest BCUT2D eigenvalue weighted by molar-refractivity contribution is 7.88. The van der Waals surface area contributed by atoms with Gasteiger partial charge in [-0.2, -0.15) is 0 Å². The summed E-state index contributed by atoms with van der Waals surface area (Å²) in [6.07, 6.45) is 25.9. The summed E-state index contributed by atoms with van der Waals surface area (Å²) in [7, 11) is -3.15. The zero-order chi connectivity index (χ0) is 80.5. The van der Waals surface area contributed by atoms with E-state index in [9.17, 15) is 18.0 Å². The van der Waals surface area contributed by atoms with Gasteiger partial charge in [-0.3, -0.25) is 22.4 Å². The van der Waals surface area contributed by atoms with Crippen LogP contribution in [0.4, 0.5) is 28.1 Å². The number of likely N-dealkylation sites (tertiary alicyclic amines) is 2. The standard InChI is InChI=1S/C27H26N6O2.C22H26N6O2S.C20H20N6O.C19H20N6/c28-25-24-23(22-16-20-8-4-5-9-21(20)30-22)31-26(33(24)15-12-29-25)19-10-13-32(14-11-19)27(34)35-17-18-6-2-1-3-7-18;1-31(29,30)25-13-14-6-8-15(9-7-14)22-27-19(20-21(23)24-10-11-28(20)22)18-12-16-4-2-3-5-17(16)26-18;21-19-18-17(16-11-14-3-1-2-4-15(14)23-16)24-20(26(18)10-7-22-19)13-5-8-25(12-27)9-6-13;20-18-17-16(15-11-13-3-1-2-4-14(13)23-15)24-19(25(17)10-9-22-18)12-5-7-21-8-6-12/h1-9,12,15-16,19,30H,10-11,13-14,17H2,(H2,28,29);2-5,10-12,14-15,25-26H,6-9,13H2,1H3,(H2,23,24);1-4,7,10-13,23H,5-6,8-9H2,(H2,21,22);1-4,9-12,21,23H,5-8H2,(H2,20,22). The van der Waals surface area contributed by atoms with Crippen molar-refractivity contribution in [3.05, 3.63) is 230 Å². The Hall–Kier alpha value is -13.5. The summed E-state index contributed by atoms with van der Waals surface area (Å²) >= 11 is 0. The van der Waals surface area contributed by atoms with Gasteiger partial charge in [-0.25, -0.2) is 57.8 Å². The highest BCUT2D eigenvalue weighted by Gasteiger charge is 2.33. The molecule has 4 aliphatic rings. The number of hydrogen-bond acceptors (Lipinski definition) is 18. The minimum absolute atomic E-state index is 0.195. The number of H-pyrrole nitrogens is 4. The van der Waals surface area contributed by atoms with Crippen LogP contribution in [0.1, 0.15) is 117 Å². The molecule has 600 valence electrons. The van der Waals surface area contributed by atoms with Gasteiger partial charge >= 0.3 is 6.09 Å². The van der Waals surface area contributed by atoms with Crippen LogP contribution >= 0.6 is 0 Å². The minimum Gasteiger partial charge on any atom is -0.445 e. The van der Waals surface area contributed by atoms with Crippen LogP contribution in [0.15, 0.2) is 201 Å². The number of imidazole rings is 4. The predicted molar refractivity (Wildman–Crippen MR) is 461 cm³/mol. The van der Waals surface area contributed by atoms with E-state index in [-0.39, 0.29) is 24.5 Å². The number of nitrogens with two attached hydrogens (primary N) is 4. The minimum atomic E-state index is -3.15. The van der Waals surface area contributed by atoms with E-state index in [0.29, 0.717) is 60.7 Å². The molecular weight excluding hydrogens is 1510 g/mol. The van der Waals surface area contributed by atoms with Crippen molar-refractivity contribution in [1.29, 1.82) is 0 Å². The molecule has 15 heterocycles. The maximum atomic E-state index is 12.6. The van der Waals surface area contributed by atoms with Crippen LogP contribution in [-0.4, -0.2) is 160 Å². The van der Waals surface area contributed by atoms with Gasteiger partial charge in [0.15, 0.2) is 0 Å². The molecule has 5 aromatic carbocycles. The second-order valence-corrected chi connectivity index (χ2v) is 32.9. The summed E-state index contributed by atoms with van der Waals surface area (Å²) in [4.78, 5) is 78.4. The fourth-order valence-corrected chi connectivity index (χ4v) is 18.0. The largest absolute Gasteiger partial charge is 0.445 e. The van der Waals surface area contributed by atoms with Gasteiger partial charge in [-0.05, 0) is 137 Å². The summed E-state index contributed by atoms with van der Waals surface area (Å²) in [6.45, 7) is 5.60. The van der Waals surface area contributed by atoms with Crippen LogP contribution in [0, 0.1) is 5.92 Å². The van der Waals surface area contributed by atoms with Crippen molar-refractivity contribution in [3.8, 4) is 45.6 Å². The lowest BCUT2D eigenvalue weighted by Gasteiger charge is -2.30. The van der Waals surface area contributed by atoms with Gasteiger partial charge in [0.05, 0.1) is 29.0 Å². The quantitative estimate of drug-likeness (QED) is 0.0452. The molecule has 14 N–H and O–H groups in total. The summed E-state index contributed by atoms with van der Waals surface area (Å²) in [5.41, 5.74) is 40.8. The first-order valence-corrected chi connectivity index (χ1v) is 42.1. The number of rotatable bonds is 14. The Labute approximate surface area is 678 Å². The number of ether oxygens (including phenoxy) is 1. The molecule has 0 radical (unpaired) electrons. The molecule has 2 amide bonds. The van der Waals surface area contributed by atoms with Crippen LogP contribution in [0.2, 0.25) is 0 Å². The average Bonchev–Trinajstić information content (AvgIpc) is 1.60. The molecule has 30 heteroatoms. The zero-order valence-electron chi connectivity index (χ0n) is 65.3. The van der Waals surface area contributed by atoms with E-state index in [1.54, 1.807) is 29.7 Å². The van der Waals surface area contributed by atoms with E-state index >= 15 is 0 Å². The Kier molecular flexibility index (Phi) is 21.0. The molecule has 0 unspecified atom stereocenters. The van der Waals surface area contributed by atoms with Crippen molar-refractivity contribution in [2.75, 3.05) is 75.0 Å². The van der Waals surface area contributed by atoms with Crippen LogP contribution < -0.4 is 33.0 Å². The van der Waals surface area contributed by atoms with Gasteiger partial charge in [0.2, 0.25) is 16.4 Å².